The smallest absolute Gasteiger partial charge is 0.343 e. The Balaban J connectivity index is 2.32. The van der Waals surface area contributed by atoms with Crippen molar-refractivity contribution in [1.29, 1.82) is 0 Å². The minimum Gasteiger partial charge on any atom is -0.462 e. The van der Waals surface area contributed by atoms with Crippen LogP contribution in [0.4, 0.5) is 0 Å². The van der Waals surface area contributed by atoms with Crippen LogP contribution in [0.15, 0.2) is 35.1 Å². The SMILES string of the molecule is CCOC(=O)c1cc2cc(C)cc(C)c2n(Cc2c(C)cc(C)cc2C)c1=O. The van der Waals surface area contributed by atoms with E-state index in [-0.39, 0.29) is 17.7 Å². The molecule has 0 N–H and O–H groups in total. The van der Waals surface area contributed by atoms with Gasteiger partial charge in [-0.3, -0.25) is 4.79 Å². The fraction of sp³-hybridized carbons (Fsp3) is 0.333. The molecular weight excluding hydrogens is 350 g/mol. The maximum atomic E-state index is 13.3. The van der Waals surface area contributed by atoms with Crippen LogP contribution in [-0.4, -0.2) is 17.1 Å². The zero-order valence-corrected chi connectivity index (χ0v) is 17.5. The van der Waals surface area contributed by atoms with Crippen LogP contribution in [0.25, 0.3) is 10.9 Å². The molecule has 0 aliphatic heterocycles. The third kappa shape index (κ3) is 3.59. The predicted octanol–water partition coefficient (Wildman–Crippen LogP) is 4.77. The summed E-state index contributed by atoms with van der Waals surface area (Å²) < 4.78 is 6.86. The number of hydrogen-bond donors (Lipinski definition) is 0. The molecule has 3 rings (SSSR count). The van der Waals surface area contributed by atoms with Crippen molar-refractivity contribution in [3.05, 3.63) is 79.6 Å². The van der Waals surface area contributed by atoms with E-state index in [0.29, 0.717) is 6.54 Å². The van der Waals surface area contributed by atoms with Gasteiger partial charge in [0.1, 0.15) is 5.56 Å². The zero-order chi connectivity index (χ0) is 20.6. The summed E-state index contributed by atoms with van der Waals surface area (Å²) in [6.45, 7) is 12.6. The van der Waals surface area contributed by atoms with Gasteiger partial charge in [-0.2, -0.15) is 0 Å². The summed E-state index contributed by atoms with van der Waals surface area (Å²) >= 11 is 0. The molecule has 0 aliphatic carbocycles. The highest BCUT2D eigenvalue weighted by molar-refractivity contribution is 5.94. The molecule has 0 saturated carbocycles. The maximum Gasteiger partial charge on any atom is 0.343 e. The highest BCUT2D eigenvalue weighted by atomic mass is 16.5. The van der Waals surface area contributed by atoms with Crippen molar-refractivity contribution in [2.75, 3.05) is 6.61 Å². The third-order valence-electron chi connectivity index (χ3n) is 5.17. The molecule has 0 amide bonds. The van der Waals surface area contributed by atoms with Crippen LogP contribution in [0.3, 0.4) is 0 Å². The number of carbonyl (C=O) groups excluding carboxylic acids is 1. The van der Waals surface area contributed by atoms with E-state index >= 15 is 0 Å². The third-order valence-corrected chi connectivity index (χ3v) is 5.17. The number of hydrogen-bond acceptors (Lipinski definition) is 3. The molecule has 0 fully saturated rings. The van der Waals surface area contributed by atoms with Gasteiger partial charge in [0, 0.05) is 0 Å². The lowest BCUT2D eigenvalue weighted by atomic mass is 9.98. The second-order valence-electron chi connectivity index (χ2n) is 7.57. The molecule has 4 heteroatoms. The Kier molecular flexibility index (Phi) is 5.41. The van der Waals surface area contributed by atoms with E-state index in [1.807, 2.05) is 19.9 Å². The monoisotopic (exact) mass is 377 g/mol. The summed E-state index contributed by atoms with van der Waals surface area (Å²) in [4.78, 5) is 25.7. The lowest BCUT2D eigenvalue weighted by Gasteiger charge is -2.18. The molecule has 0 radical (unpaired) electrons. The van der Waals surface area contributed by atoms with E-state index in [4.69, 9.17) is 4.74 Å². The summed E-state index contributed by atoms with van der Waals surface area (Å²) in [6.07, 6.45) is 0. The summed E-state index contributed by atoms with van der Waals surface area (Å²) in [7, 11) is 0. The van der Waals surface area contributed by atoms with Gasteiger partial charge in [-0.15, -0.1) is 0 Å². The van der Waals surface area contributed by atoms with Crippen molar-refractivity contribution in [2.24, 2.45) is 0 Å². The fourth-order valence-corrected chi connectivity index (χ4v) is 4.06. The molecule has 146 valence electrons. The van der Waals surface area contributed by atoms with Gasteiger partial charge in [-0.05, 0) is 81.3 Å². The molecule has 0 saturated heterocycles. The van der Waals surface area contributed by atoms with Crippen LogP contribution in [0.1, 0.15) is 50.7 Å². The Labute approximate surface area is 165 Å². The van der Waals surface area contributed by atoms with Crippen LogP contribution in [0.5, 0.6) is 0 Å². The molecule has 2 aromatic carbocycles. The number of rotatable bonds is 4. The average molecular weight is 377 g/mol. The standard InChI is InChI=1S/C24H27NO3/c1-7-28-24(27)20-12-19-11-15(3)10-18(6)22(19)25(23(20)26)13-21-16(4)8-14(2)9-17(21)5/h8-12H,7,13H2,1-6H3. The molecule has 0 bridgehead atoms. The summed E-state index contributed by atoms with van der Waals surface area (Å²) in [5.74, 6) is -0.570. The molecule has 0 spiro atoms. The number of aromatic nitrogens is 1. The molecule has 1 aromatic heterocycles. The minimum atomic E-state index is -0.570. The summed E-state index contributed by atoms with van der Waals surface area (Å²) in [6, 6.07) is 10.00. The Bertz CT molecular complexity index is 1120. The molecule has 1 heterocycles. The van der Waals surface area contributed by atoms with E-state index in [0.717, 1.165) is 38.7 Å². The van der Waals surface area contributed by atoms with Gasteiger partial charge in [-0.25, -0.2) is 4.79 Å². The highest BCUT2D eigenvalue weighted by Crippen LogP contribution is 2.24. The second kappa shape index (κ2) is 7.63. The van der Waals surface area contributed by atoms with Gasteiger partial charge >= 0.3 is 5.97 Å². The van der Waals surface area contributed by atoms with E-state index in [2.05, 4.69) is 39.0 Å². The van der Waals surface area contributed by atoms with E-state index in [9.17, 15) is 9.59 Å². The topological polar surface area (TPSA) is 48.3 Å². The van der Waals surface area contributed by atoms with Crippen LogP contribution >= 0.6 is 0 Å². The number of nitrogens with zero attached hydrogens (tertiary/aromatic N) is 1. The van der Waals surface area contributed by atoms with Gasteiger partial charge in [0.15, 0.2) is 0 Å². The molecule has 0 aliphatic rings. The molecule has 28 heavy (non-hydrogen) atoms. The maximum absolute atomic E-state index is 13.3. The Morgan fingerprint density at radius 2 is 1.46 bits per heavy atom. The number of esters is 1. The van der Waals surface area contributed by atoms with Crippen molar-refractivity contribution in [3.63, 3.8) is 0 Å². The Morgan fingerprint density at radius 1 is 0.893 bits per heavy atom. The quantitative estimate of drug-likeness (QED) is 0.616. The predicted molar refractivity (Wildman–Crippen MR) is 113 cm³/mol. The summed E-state index contributed by atoms with van der Waals surface area (Å²) in [5.41, 5.74) is 7.34. The Hall–Kier alpha value is -2.88. The van der Waals surface area contributed by atoms with Crippen LogP contribution < -0.4 is 5.56 Å². The van der Waals surface area contributed by atoms with E-state index in [1.165, 1.54) is 5.56 Å². The molecular formula is C24H27NO3. The molecule has 0 unspecified atom stereocenters. The van der Waals surface area contributed by atoms with Crippen molar-refractivity contribution in [1.82, 2.24) is 4.57 Å². The van der Waals surface area contributed by atoms with Crippen molar-refractivity contribution in [3.8, 4) is 0 Å². The molecule has 3 aromatic rings. The lowest BCUT2D eigenvalue weighted by molar-refractivity contribution is 0.0524. The van der Waals surface area contributed by atoms with Gasteiger partial charge in [0.2, 0.25) is 0 Å². The number of ether oxygens (including phenoxy) is 1. The molecule has 0 atom stereocenters. The lowest BCUT2D eigenvalue weighted by Crippen LogP contribution is -2.29. The first-order chi connectivity index (χ1) is 13.2. The molecule has 4 nitrogen and oxygen atoms in total. The van der Waals surface area contributed by atoms with Crippen LogP contribution in [0, 0.1) is 34.6 Å². The van der Waals surface area contributed by atoms with Gasteiger partial charge < -0.3 is 9.30 Å². The minimum absolute atomic E-state index is 0.0850. The summed E-state index contributed by atoms with van der Waals surface area (Å²) in [5, 5.41) is 0.877. The van der Waals surface area contributed by atoms with Crippen LogP contribution in [0.2, 0.25) is 0 Å². The number of pyridine rings is 1. The van der Waals surface area contributed by atoms with E-state index in [1.54, 1.807) is 17.6 Å². The number of carbonyl (C=O) groups is 1. The van der Waals surface area contributed by atoms with Crippen molar-refractivity contribution >= 4 is 16.9 Å². The number of benzene rings is 2. The first-order valence-corrected chi connectivity index (χ1v) is 9.61. The largest absolute Gasteiger partial charge is 0.462 e. The highest BCUT2D eigenvalue weighted by Gasteiger charge is 2.19. The Morgan fingerprint density at radius 3 is 2.07 bits per heavy atom. The fourth-order valence-electron chi connectivity index (χ4n) is 4.06. The average Bonchev–Trinajstić information content (AvgIpc) is 2.59. The van der Waals surface area contributed by atoms with E-state index < -0.39 is 5.97 Å². The second-order valence-corrected chi connectivity index (χ2v) is 7.57. The first-order valence-electron chi connectivity index (χ1n) is 9.61. The van der Waals surface area contributed by atoms with Gasteiger partial charge in [0.25, 0.3) is 5.56 Å². The number of fused-ring (bicyclic) bond motifs is 1. The normalized spacial score (nSPS) is 11.1. The van der Waals surface area contributed by atoms with Crippen molar-refractivity contribution < 1.29 is 9.53 Å². The zero-order valence-electron chi connectivity index (χ0n) is 17.5. The van der Waals surface area contributed by atoms with Crippen LogP contribution in [-0.2, 0) is 11.3 Å². The number of aryl methyl sites for hydroxylation is 5. The van der Waals surface area contributed by atoms with Gasteiger partial charge in [0.05, 0.1) is 18.7 Å². The van der Waals surface area contributed by atoms with Crippen molar-refractivity contribution in [2.45, 2.75) is 48.1 Å². The van der Waals surface area contributed by atoms with Gasteiger partial charge in [-0.1, -0.05) is 29.3 Å². The first kappa shape index (κ1) is 19.9.